The molecule has 0 spiro atoms. The SMILES string of the molecule is Cc1cc(C)c(CCCCC(C)(C)C)c(CCCCC(C)(C)C(=O)O)c1C. The molecule has 27 heavy (non-hydrogen) atoms. The lowest BCUT2D eigenvalue weighted by Gasteiger charge is -2.21. The third-order valence-corrected chi connectivity index (χ3v) is 5.98. The minimum absolute atomic E-state index is 0.415. The molecular formula is C25H42O2. The molecule has 1 aromatic carbocycles. The van der Waals surface area contributed by atoms with Gasteiger partial charge >= 0.3 is 5.97 Å². The van der Waals surface area contributed by atoms with E-state index in [1.54, 1.807) is 5.56 Å². The van der Waals surface area contributed by atoms with Crippen molar-refractivity contribution in [3.8, 4) is 0 Å². The van der Waals surface area contributed by atoms with Gasteiger partial charge in [0.2, 0.25) is 0 Å². The van der Waals surface area contributed by atoms with E-state index in [2.05, 4.69) is 47.6 Å². The molecule has 154 valence electrons. The average Bonchev–Trinajstić information content (AvgIpc) is 2.53. The highest BCUT2D eigenvalue weighted by Gasteiger charge is 2.26. The molecule has 0 aliphatic heterocycles. The molecule has 0 radical (unpaired) electrons. The van der Waals surface area contributed by atoms with E-state index in [0.29, 0.717) is 5.41 Å². The van der Waals surface area contributed by atoms with Crippen LogP contribution in [0.5, 0.6) is 0 Å². The first-order chi connectivity index (χ1) is 12.3. The first-order valence-electron chi connectivity index (χ1n) is 10.7. The number of carbonyl (C=O) groups is 1. The first-order valence-corrected chi connectivity index (χ1v) is 10.7. The van der Waals surface area contributed by atoms with Crippen molar-refractivity contribution in [3.05, 3.63) is 33.9 Å². The predicted molar refractivity (Wildman–Crippen MR) is 117 cm³/mol. The molecule has 0 fully saturated rings. The Morgan fingerprint density at radius 3 is 1.85 bits per heavy atom. The predicted octanol–water partition coefficient (Wildman–Crippen LogP) is 7.19. The number of carboxylic acids is 1. The van der Waals surface area contributed by atoms with Gasteiger partial charge in [0, 0.05) is 0 Å². The van der Waals surface area contributed by atoms with Gasteiger partial charge in [-0.2, -0.15) is 0 Å². The largest absolute Gasteiger partial charge is 0.481 e. The van der Waals surface area contributed by atoms with Crippen molar-refractivity contribution < 1.29 is 9.90 Å². The summed E-state index contributed by atoms with van der Waals surface area (Å²) in [7, 11) is 0. The Hall–Kier alpha value is -1.31. The minimum atomic E-state index is -0.690. The molecule has 0 aromatic heterocycles. The lowest BCUT2D eigenvalue weighted by Crippen LogP contribution is -2.23. The van der Waals surface area contributed by atoms with Crippen LogP contribution in [0.25, 0.3) is 0 Å². The van der Waals surface area contributed by atoms with Crippen molar-refractivity contribution in [1.82, 2.24) is 0 Å². The van der Waals surface area contributed by atoms with Crippen LogP contribution in [0.15, 0.2) is 6.07 Å². The van der Waals surface area contributed by atoms with Gasteiger partial charge in [-0.25, -0.2) is 0 Å². The van der Waals surface area contributed by atoms with Crippen molar-refractivity contribution in [2.75, 3.05) is 0 Å². The van der Waals surface area contributed by atoms with E-state index < -0.39 is 11.4 Å². The molecule has 0 heterocycles. The van der Waals surface area contributed by atoms with Crippen molar-refractivity contribution in [1.29, 1.82) is 0 Å². The summed E-state index contributed by atoms with van der Waals surface area (Å²) in [5.74, 6) is -0.690. The third kappa shape index (κ3) is 7.68. The Kier molecular flexibility index (Phi) is 8.57. The van der Waals surface area contributed by atoms with E-state index in [0.717, 1.165) is 25.7 Å². The maximum Gasteiger partial charge on any atom is 0.309 e. The Morgan fingerprint density at radius 1 is 0.815 bits per heavy atom. The average molecular weight is 375 g/mol. The normalized spacial score (nSPS) is 12.4. The van der Waals surface area contributed by atoms with Crippen LogP contribution < -0.4 is 0 Å². The Morgan fingerprint density at radius 2 is 1.33 bits per heavy atom. The van der Waals surface area contributed by atoms with Gasteiger partial charge in [0.15, 0.2) is 0 Å². The summed E-state index contributed by atoms with van der Waals surface area (Å²) in [5.41, 5.74) is 7.11. The molecule has 1 aromatic rings. The summed E-state index contributed by atoms with van der Waals surface area (Å²) in [4.78, 5) is 11.3. The Balaban J connectivity index is 2.77. The van der Waals surface area contributed by atoms with Crippen LogP contribution in [0.3, 0.4) is 0 Å². The van der Waals surface area contributed by atoms with Gasteiger partial charge in [0.25, 0.3) is 0 Å². The molecule has 0 bridgehead atoms. The monoisotopic (exact) mass is 374 g/mol. The molecule has 2 heteroatoms. The van der Waals surface area contributed by atoms with Crippen molar-refractivity contribution in [2.45, 2.75) is 107 Å². The second kappa shape index (κ2) is 9.75. The minimum Gasteiger partial charge on any atom is -0.481 e. The summed E-state index contributed by atoms with van der Waals surface area (Å²) in [6.45, 7) is 17.3. The second-order valence-electron chi connectivity index (χ2n) is 10.3. The summed E-state index contributed by atoms with van der Waals surface area (Å²) in [5, 5.41) is 9.30. The zero-order valence-electron chi connectivity index (χ0n) is 19.1. The van der Waals surface area contributed by atoms with Crippen LogP contribution in [0.2, 0.25) is 0 Å². The summed E-state index contributed by atoms with van der Waals surface area (Å²) in [6.07, 6.45) is 8.81. The van der Waals surface area contributed by atoms with Crippen LogP contribution in [-0.4, -0.2) is 11.1 Å². The van der Waals surface area contributed by atoms with Crippen LogP contribution >= 0.6 is 0 Å². The topological polar surface area (TPSA) is 37.3 Å². The van der Waals surface area contributed by atoms with Crippen molar-refractivity contribution in [3.63, 3.8) is 0 Å². The lowest BCUT2D eigenvalue weighted by molar-refractivity contribution is -0.147. The van der Waals surface area contributed by atoms with E-state index in [9.17, 15) is 9.90 Å². The second-order valence-corrected chi connectivity index (χ2v) is 10.3. The number of aryl methyl sites for hydroxylation is 2. The van der Waals surface area contributed by atoms with Crippen molar-refractivity contribution in [2.24, 2.45) is 10.8 Å². The van der Waals surface area contributed by atoms with E-state index in [1.807, 2.05) is 13.8 Å². The maximum atomic E-state index is 11.3. The van der Waals surface area contributed by atoms with Crippen LogP contribution in [-0.2, 0) is 17.6 Å². The number of hydrogen-bond donors (Lipinski definition) is 1. The summed E-state index contributed by atoms with van der Waals surface area (Å²) >= 11 is 0. The molecule has 0 unspecified atom stereocenters. The molecule has 1 N–H and O–H groups in total. The summed E-state index contributed by atoms with van der Waals surface area (Å²) < 4.78 is 0. The van der Waals surface area contributed by atoms with Gasteiger partial charge in [0.05, 0.1) is 5.41 Å². The van der Waals surface area contributed by atoms with Gasteiger partial charge in [-0.05, 0) is 106 Å². The van der Waals surface area contributed by atoms with E-state index in [1.165, 1.54) is 47.9 Å². The van der Waals surface area contributed by atoms with E-state index in [4.69, 9.17) is 0 Å². The molecule has 0 atom stereocenters. The lowest BCUT2D eigenvalue weighted by atomic mass is 9.84. The Bertz CT molecular complexity index is 633. The zero-order chi connectivity index (χ0) is 20.8. The smallest absolute Gasteiger partial charge is 0.309 e. The fraction of sp³-hybridized carbons (Fsp3) is 0.720. The fourth-order valence-electron chi connectivity index (χ4n) is 3.84. The number of benzene rings is 1. The van der Waals surface area contributed by atoms with Crippen LogP contribution in [0.4, 0.5) is 0 Å². The summed E-state index contributed by atoms with van der Waals surface area (Å²) in [6, 6.07) is 2.34. The standard InChI is InChI=1S/C25H42O2/c1-18-17-19(2)21(13-9-11-15-24(4,5)6)22(20(18)3)14-10-12-16-25(7,8)23(26)27/h17H,9-16H2,1-8H3,(H,26,27). The van der Waals surface area contributed by atoms with Gasteiger partial charge in [-0.1, -0.05) is 39.7 Å². The molecule has 0 saturated carbocycles. The highest BCUT2D eigenvalue weighted by Crippen LogP contribution is 2.29. The van der Waals surface area contributed by atoms with Crippen molar-refractivity contribution >= 4 is 5.97 Å². The molecule has 1 rings (SSSR count). The first kappa shape index (κ1) is 23.7. The highest BCUT2D eigenvalue weighted by atomic mass is 16.4. The van der Waals surface area contributed by atoms with Crippen LogP contribution in [0, 0.1) is 31.6 Å². The molecule has 0 aliphatic rings. The van der Waals surface area contributed by atoms with Gasteiger partial charge < -0.3 is 5.11 Å². The molecule has 2 nitrogen and oxygen atoms in total. The quantitative estimate of drug-likeness (QED) is 0.440. The van der Waals surface area contributed by atoms with Gasteiger partial charge in [-0.15, -0.1) is 0 Å². The number of hydrogen-bond acceptors (Lipinski definition) is 1. The number of carboxylic acid groups (broad SMARTS) is 1. The molecule has 0 amide bonds. The highest BCUT2D eigenvalue weighted by molar-refractivity contribution is 5.73. The van der Waals surface area contributed by atoms with Gasteiger partial charge in [0.1, 0.15) is 0 Å². The zero-order valence-corrected chi connectivity index (χ0v) is 19.1. The molecule has 0 aliphatic carbocycles. The Labute approximate surface area is 167 Å². The van der Waals surface area contributed by atoms with E-state index >= 15 is 0 Å². The third-order valence-electron chi connectivity index (χ3n) is 5.98. The maximum absolute atomic E-state index is 11.3. The number of rotatable bonds is 10. The fourth-order valence-corrected chi connectivity index (χ4v) is 3.84. The number of aliphatic carboxylic acids is 1. The van der Waals surface area contributed by atoms with Gasteiger partial charge in [-0.3, -0.25) is 4.79 Å². The van der Waals surface area contributed by atoms with E-state index in [-0.39, 0.29) is 0 Å². The molecule has 0 saturated heterocycles. The number of unbranched alkanes of at least 4 members (excludes halogenated alkanes) is 2. The van der Waals surface area contributed by atoms with Crippen LogP contribution in [0.1, 0.15) is 101 Å². The molecular weight excluding hydrogens is 332 g/mol.